The number of rotatable bonds is 7. The average Bonchev–Trinajstić information content (AvgIpc) is 2.33. The minimum atomic E-state index is -5.13. The predicted octanol–water partition coefficient (Wildman–Crippen LogP) is 1.43. The fourth-order valence-electron chi connectivity index (χ4n) is 1.28. The molecule has 0 radical (unpaired) electrons. The summed E-state index contributed by atoms with van der Waals surface area (Å²) in [6.45, 7) is -0.444. The summed E-state index contributed by atoms with van der Waals surface area (Å²) in [5.74, 6) is 0.824. The first-order valence-electron chi connectivity index (χ1n) is 5.12. The van der Waals surface area contributed by atoms with E-state index in [1.165, 1.54) is 26.4 Å². The molecule has 20 heavy (non-hydrogen) atoms. The molecule has 0 saturated heterocycles. The van der Waals surface area contributed by atoms with Gasteiger partial charge in [0.25, 0.3) is 0 Å². The van der Waals surface area contributed by atoms with Crippen molar-refractivity contribution in [2.24, 2.45) is 0 Å². The van der Waals surface area contributed by atoms with Gasteiger partial charge < -0.3 is 24.2 Å². The van der Waals surface area contributed by atoms with Gasteiger partial charge in [0.05, 0.1) is 20.8 Å². The number of ether oxygens (including phenoxy) is 2. The van der Waals surface area contributed by atoms with E-state index >= 15 is 0 Å². The molecule has 9 nitrogen and oxygen atoms in total. The van der Waals surface area contributed by atoms with Crippen molar-refractivity contribution in [3.8, 4) is 11.5 Å². The van der Waals surface area contributed by atoms with E-state index in [2.05, 4.69) is 8.83 Å². The normalized spacial score (nSPS) is 14.7. The van der Waals surface area contributed by atoms with Crippen LogP contribution in [0.5, 0.6) is 11.5 Å². The van der Waals surface area contributed by atoms with Gasteiger partial charge in [0, 0.05) is 11.6 Å². The lowest BCUT2D eigenvalue weighted by atomic mass is 10.2. The van der Waals surface area contributed by atoms with E-state index in [4.69, 9.17) is 24.2 Å². The topological polar surface area (TPSA) is 132 Å². The lowest BCUT2D eigenvalue weighted by molar-refractivity contribution is 0.171. The lowest BCUT2D eigenvalue weighted by Gasteiger charge is -2.14. The SMILES string of the molecule is COc1ccc(COP(=O)(O)OP(=O)(O)O)c(OC)c1. The van der Waals surface area contributed by atoms with Crippen LogP contribution < -0.4 is 9.47 Å². The first kappa shape index (κ1) is 17.1. The molecule has 1 atom stereocenters. The number of methoxy groups -OCH3 is 2. The summed E-state index contributed by atoms with van der Waals surface area (Å²) in [6, 6.07) is 4.59. The van der Waals surface area contributed by atoms with Gasteiger partial charge in [-0.1, -0.05) is 0 Å². The van der Waals surface area contributed by atoms with E-state index in [-0.39, 0.29) is 0 Å². The van der Waals surface area contributed by atoms with Crippen LogP contribution in [0.4, 0.5) is 0 Å². The summed E-state index contributed by atoms with van der Waals surface area (Å²) in [5, 5.41) is 0. The molecule has 114 valence electrons. The van der Waals surface area contributed by atoms with E-state index in [1.807, 2.05) is 0 Å². The Bertz CT molecular complexity index is 552. The molecule has 11 heteroatoms. The zero-order valence-corrected chi connectivity index (χ0v) is 12.4. The molecule has 1 aromatic rings. The van der Waals surface area contributed by atoms with Crippen LogP contribution in [0.25, 0.3) is 0 Å². The Morgan fingerprint density at radius 3 is 2.25 bits per heavy atom. The second kappa shape index (κ2) is 6.69. The molecular formula is C9H14O9P2. The molecule has 0 aliphatic heterocycles. The van der Waals surface area contributed by atoms with Crippen molar-refractivity contribution in [3.63, 3.8) is 0 Å². The smallest absolute Gasteiger partial charge is 0.481 e. The Hall–Kier alpha value is -0.920. The highest BCUT2D eigenvalue weighted by molar-refractivity contribution is 7.60. The molecule has 0 fully saturated rings. The molecule has 0 bridgehead atoms. The summed E-state index contributed by atoms with van der Waals surface area (Å²) < 4.78 is 39.9. The fourth-order valence-corrected chi connectivity index (χ4v) is 2.85. The summed E-state index contributed by atoms with van der Waals surface area (Å²) in [7, 11) is -7.17. The molecule has 0 aliphatic rings. The standard InChI is InChI=1S/C9H14O9P2/c1-15-8-4-3-7(9(5-8)16-2)6-17-20(13,14)18-19(10,11)12/h3-5H,6H2,1-2H3,(H,13,14)(H2,10,11,12). The van der Waals surface area contributed by atoms with Gasteiger partial charge in [-0.05, 0) is 12.1 Å². The monoisotopic (exact) mass is 328 g/mol. The first-order chi connectivity index (χ1) is 9.17. The molecular weight excluding hydrogens is 314 g/mol. The van der Waals surface area contributed by atoms with Gasteiger partial charge in [-0.15, -0.1) is 0 Å². The minimum Gasteiger partial charge on any atom is -0.497 e. The first-order valence-corrected chi connectivity index (χ1v) is 8.14. The van der Waals surface area contributed by atoms with Crippen molar-refractivity contribution >= 4 is 15.6 Å². The van der Waals surface area contributed by atoms with Crippen LogP contribution in [0.1, 0.15) is 5.56 Å². The third kappa shape index (κ3) is 5.60. The fraction of sp³-hybridized carbons (Fsp3) is 0.333. The van der Waals surface area contributed by atoms with E-state index in [0.717, 1.165) is 0 Å². The van der Waals surface area contributed by atoms with Gasteiger partial charge >= 0.3 is 15.6 Å². The largest absolute Gasteiger partial charge is 0.497 e. The number of phosphoric acid groups is 2. The van der Waals surface area contributed by atoms with Gasteiger partial charge in [-0.25, -0.2) is 9.13 Å². The van der Waals surface area contributed by atoms with Crippen LogP contribution in [-0.4, -0.2) is 28.9 Å². The van der Waals surface area contributed by atoms with E-state index < -0.39 is 22.3 Å². The van der Waals surface area contributed by atoms with Crippen LogP contribution in [0.2, 0.25) is 0 Å². The molecule has 0 spiro atoms. The molecule has 1 unspecified atom stereocenters. The number of phosphoric ester groups is 1. The Morgan fingerprint density at radius 1 is 1.10 bits per heavy atom. The number of benzene rings is 1. The molecule has 0 amide bonds. The van der Waals surface area contributed by atoms with Crippen LogP contribution in [0.3, 0.4) is 0 Å². The van der Waals surface area contributed by atoms with Gasteiger partial charge in [-0.3, -0.25) is 4.52 Å². The molecule has 1 aromatic carbocycles. The number of hydrogen-bond acceptors (Lipinski definition) is 6. The van der Waals surface area contributed by atoms with Crippen molar-refractivity contribution in [1.82, 2.24) is 0 Å². The molecule has 0 heterocycles. The Labute approximate surface area is 114 Å². The molecule has 0 aromatic heterocycles. The third-order valence-electron chi connectivity index (χ3n) is 2.09. The highest BCUT2D eigenvalue weighted by atomic mass is 31.3. The maximum atomic E-state index is 11.3. The van der Waals surface area contributed by atoms with E-state index in [9.17, 15) is 9.13 Å². The van der Waals surface area contributed by atoms with Crippen LogP contribution in [0.15, 0.2) is 18.2 Å². The van der Waals surface area contributed by atoms with Crippen LogP contribution >= 0.6 is 15.6 Å². The Balaban J connectivity index is 2.79. The second-order valence-electron chi connectivity index (χ2n) is 3.49. The predicted molar refractivity (Wildman–Crippen MR) is 67.3 cm³/mol. The van der Waals surface area contributed by atoms with E-state index in [0.29, 0.717) is 17.1 Å². The molecule has 1 rings (SSSR count). The Morgan fingerprint density at radius 2 is 1.75 bits per heavy atom. The van der Waals surface area contributed by atoms with Crippen molar-refractivity contribution in [2.45, 2.75) is 6.61 Å². The zero-order chi connectivity index (χ0) is 15.4. The quantitative estimate of drug-likeness (QED) is 0.636. The van der Waals surface area contributed by atoms with Gasteiger partial charge in [0.2, 0.25) is 0 Å². The summed E-state index contributed by atoms with van der Waals surface area (Å²) in [5.41, 5.74) is 0.372. The highest BCUT2D eigenvalue weighted by Gasteiger charge is 2.32. The maximum Gasteiger partial charge on any atom is 0.481 e. The molecule has 0 aliphatic carbocycles. The zero-order valence-electron chi connectivity index (χ0n) is 10.6. The van der Waals surface area contributed by atoms with Crippen molar-refractivity contribution in [2.75, 3.05) is 14.2 Å². The highest BCUT2D eigenvalue weighted by Crippen LogP contribution is 2.58. The summed E-state index contributed by atoms with van der Waals surface area (Å²) in [6.07, 6.45) is 0. The van der Waals surface area contributed by atoms with Gasteiger partial charge in [-0.2, -0.15) is 4.31 Å². The van der Waals surface area contributed by atoms with Crippen LogP contribution in [-0.2, 0) is 24.6 Å². The number of hydrogen-bond donors (Lipinski definition) is 3. The average molecular weight is 328 g/mol. The van der Waals surface area contributed by atoms with Crippen molar-refractivity contribution in [1.29, 1.82) is 0 Å². The summed E-state index contributed by atoms with van der Waals surface area (Å²) in [4.78, 5) is 26.0. The maximum absolute atomic E-state index is 11.3. The Kier molecular flexibility index (Phi) is 5.73. The van der Waals surface area contributed by atoms with Crippen molar-refractivity contribution < 1.29 is 42.1 Å². The van der Waals surface area contributed by atoms with E-state index in [1.54, 1.807) is 6.07 Å². The summed E-state index contributed by atoms with van der Waals surface area (Å²) >= 11 is 0. The third-order valence-corrected chi connectivity index (χ3v) is 4.22. The van der Waals surface area contributed by atoms with Gasteiger partial charge in [0.1, 0.15) is 11.5 Å². The van der Waals surface area contributed by atoms with Crippen LogP contribution in [0, 0.1) is 0 Å². The molecule has 3 N–H and O–H groups in total. The second-order valence-corrected chi connectivity index (χ2v) is 6.32. The minimum absolute atomic E-state index is 0.320. The van der Waals surface area contributed by atoms with Crippen molar-refractivity contribution in [3.05, 3.63) is 23.8 Å². The molecule has 0 saturated carbocycles. The lowest BCUT2D eigenvalue weighted by Crippen LogP contribution is -1.98. The van der Waals surface area contributed by atoms with Gasteiger partial charge in [0.15, 0.2) is 0 Å².